The summed E-state index contributed by atoms with van der Waals surface area (Å²) in [6, 6.07) is 1.95. The summed E-state index contributed by atoms with van der Waals surface area (Å²) in [5.41, 5.74) is 2.15. The van der Waals surface area contributed by atoms with E-state index in [-0.39, 0.29) is 29.4 Å². The third kappa shape index (κ3) is 2.32. The fourth-order valence-corrected chi connectivity index (χ4v) is 4.08. The Morgan fingerprint density at radius 2 is 2.13 bits per heavy atom. The Morgan fingerprint density at radius 3 is 2.74 bits per heavy atom. The van der Waals surface area contributed by atoms with Crippen LogP contribution in [0.1, 0.15) is 36.8 Å². The molecule has 0 spiro atoms. The van der Waals surface area contributed by atoms with Crippen molar-refractivity contribution in [2.24, 2.45) is 18.4 Å². The lowest BCUT2D eigenvalue weighted by Crippen LogP contribution is -2.67. The number of nitrogens with zero attached hydrogens (tertiary/aromatic N) is 3. The maximum Gasteiger partial charge on any atom is 0.253 e. The van der Waals surface area contributed by atoms with E-state index in [9.17, 15) is 4.79 Å². The van der Waals surface area contributed by atoms with Gasteiger partial charge in [0.15, 0.2) is 5.65 Å². The smallest absolute Gasteiger partial charge is 0.253 e. The van der Waals surface area contributed by atoms with Gasteiger partial charge in [-0.15, -0.1) is 0 Å². The quantitative estimate of drug-likeness (QED) is 0.941. The van der Waals surface area contributed by atoms with Gasteiger partial charge >= 0.3 is 0 Å². The number of rotatable bonds is 3. The molecular weight excluding hydrogens is 292 g/mol. The minimum absolute atomic E-state index is 0.0778. The number of amides is 1. The van der Waals surface area contributed by atoms with Crippen LogP contribution in [0, 0.1) is 18.3 Å². The van der Waals surface area contributed by atoms with Gasteiger partial charge in [0, 0.05) is 43.1 Å². The maximum absolute atomic E-state index is 12.6. The van der Waals surface area contributed by atoms with Crippen molar-refractivity contribution < 1.29 is 9.53 Å². The highest BCUT2D eigenvalue weighted by Gasteiger charge is 2.55. The number of carbonyl (C=O) groups excluding carboxylic acids is 1. The van der Waals surface area contributed by atoms with Crippen LogP contribution in [0.4, 0.5) is 0 Å². The minimum atomic E-state index is -0.0952. The van der Waals surface area contributed by atoms with Crippen LogP contribution in [0.3, 0.4) is 0 Å². The van der Waals surface area contributed by atoms with Crippen LogP contribution in [-0.4, -0.2) is 39.9 Å². The SMILES string of the molecule is CO[C@@H]1[C@@H](C)[C@@H](NC(=O)c2cnc3c(c2)c(C)nn3C)C1(C)C. The number of aromatic nitrogens is 3. The Balaban J connectivity index is 1.83. The fraction of sp³-hybridized carbons (Fsp3) is 0.588. The molecule has 3 atom stereocenters. The fourth-order valence-electron chi connectivity index (χ4n) is 4.08. The van der Waals surface area contributed by atoms with Gasteiger partial charge in [0.05, 0.1) is 17.4 Å². The molecule has 1 fully saturated rings. The Hall–Kier alpha value is -1.95. The topological polar surface area (TPSA) is 69.0 Å². The van der Waals surface area contributed by atoms with E-state index in [0.29, 0.717) is 5.56 Å². The van der Waals surface area contributed by atoms with Crippen LogP contribution >= 0.6 is 0 Å². The van der Waals surface area contributed by atoms with Crippen molar-refractivity contribution in [3.63, 3.8) is 0 Å². The van der Waals surface area contributed by atoms with Crippen molar-refractivity contribution in [3.05, 3.63) is 23.5 Å². The van der Waals surface area contributed by atoms with Gasteiger partial charge in [-0.25, -0.2) is 4.98 Å². The highest BCUT2D eigenvalue weighted by molar-refractivity contribution is 5.97. The molecule has 2 aromatic rings. The van der Waals surface area contributed by atoms with Crippen molar-refractivity contribution in [2.75, 3.05) is 7.11 Å². The van der Waals surface area contributed by atoms with Crippen molar-refractivity contribution in [2.45, 2.75) is 39.8 Å². The molecule has 0 radical (unpaired) electrons. The van der Waals surface area contributed by atoms with E-state index in [4.69, 9.17) is 4.74 Å². The van der Waals surface area contributed by atoms with Crippen LogP contribution in [0.25, 0.3) is 11.0 Å². The predicted octanol–water partition coefficient (Wildman–Crippen LogP) is 2.07. The molecule has 0 aliphatic heterocycles. The van der Waals surface area contributed by atoms with Crippen molar-refractivity contribution >= 4 is 16.9 Å². The number of nitrogens with one attached hydrogen (secondary N) is 1. The molecule has 1 N–H and O–H groups in total. The molecule has 1 aliphatic carbocycles. The largest absolute Gasteiger partial charge is 0.380 e. The van der Waals surface area contributed by atoms with Gasteiger partial charge < -0.3 is 10.1 Å². The number of carbonyl (C=O) groups is 1. The van der Waals surface area contributed by atoms with Crippen LogP contribution in [0.15, 0.2) is 12.3 Å². The molecule has 2 heterocycles. The van der Waals surface area contributed by atoms with Crippen molar-refractivity contribution in [3.8, 4) is 0 Å². The van der Waals surface area contributed by atoms with E-state index in [1.807, 2.05) is 20.0 Å². The normalized spacial score (nSPS) is 26.1. The molecule has 1 aliphatic rings. The summed E-state index contributed by atoms with van der Waals surface area (Å²) in [7, 11) is 3.58. The van der Waals surface area contributed by atoms with Gasteiger partial charge in [0.25, 0.3) is 5.91 Å². The number of hydrogen-bond acceptors (Lipinski definition) is 4. The maximum atomic E-state index is 12.6. The molecule has 1 saturated carbocycles. The highest BCUT2D eigenvalue weighted by Crippen LogP contribution is 2.46. The average Bonchev–Trinajstić information content (AvgIpc) is 2.79. The third-order valence-electron chi connectivity index (χ3n) is 5.20. The highest BCUT2D eigenvalue weighted by atomic mass is 16.5. The van der Waals surface area contributed by atoms with E-state index >= 15 is 0 Å². The molecule has 0 aromatic carbocycles. The lowest BCUT2D eigenvalue weighted by atomic mass is 9.58. The Bertz CT molecular complexity index is 765. The molecule has 1 amide bonds. The monoisotopic (exact) mass is 316 g/mol. The molecule has 6 heteroatoms. The van der Waals surface area contributed by atoms with Gasteiger partial charge in [-0.1, -0.05) is 20.8 Å². The zero-order chi connectivity index (χ0) is 16.9. The molecule has 0 bridgehead atoms. The van der Waals surface area contributed by atoms with Gasteiger partial charge in [-0.05, 0) is 13.0 Å². The summed E-state index contributed by atoms with van der Waals surface area (Å²) in [6.45, 7) is 8.28. The van der Waals surface area contributed by atoms with Gasteiger partial charge in [-0.3, -0.25) is 9.48 Å². The van der Waals surface area contributed by atoms with E-state index < -0.39 is 0 Å². The van der Waals surface area contributed by atoms with E-state index in [1.54, 1.807) is 18.0 Å². The van der Waals surface area contributed by atoms with Crippen molar-refractivity contribution in [1.82, 2.24) is 20.1 Å². The molecule has 3 rings (SSSR count). The Morgan fingerprint density at radius 1 is 1.43 bits per heavy atom. The number of fused-ring (bicyclic) bond motifs is 1. The van der Waals surface area contributed by atoms with Crippen LogP contribution in [-0.2, 0) is 11.8 Å². The molecule has 0 saturated heterocycles. The first-order valence-corrected chi connectivity index (χ1v) is 7.90. The molecule has 2 aromatic heterocycles. The first-order valence-electron chi connectivity index (χ1n) is 7.90. The number of aryl methyl sites for hydroxylation is 2. The summed E-state index contributed by atoms with van der Waals surface area (Å²) >= 11 is 0. The first kappa shape index (κ1) is 15.9. The van der Waals surface area contributed by atoms with Gasteiger partial charge in [0.1, 0.15) is 0 Å². The number of hydrogen-bond donors (Lipinski definition) is 1. The lowest BCUT2D eigenvalue weighted by Gasteiger charge is -2.56. The second-order valence-corrected chi connectivity index (χ2v) is 7.09. The van der Waals surface area contributed by atoms with E-state index in [1.165, 1.54) is 0 Å². The number of pyridine rings is 1. The first-order chi connectivity index (χ1) is 10.8. The lowest BCUT2D eigenvalue weighted by molar-refractivity contribution is -0.141. The summed E-state index contributed by atoms with van der Waals surface area (Å²) in [4.78, 5) is 17.0. The third-order valence-corrected chi connectivity index (χ3v) is 5.20. The Labute approximate surface area is 136 Å². The van der Waals surface area contributed by atoms with Gasteiger partial charge in [-0.2, -0.15) is 5.10 Å². The van der Waals surface area contributed by atoms with Gasteiger partial charge in [0.2, 0.25) is 0 Å². The average molecular weight is 316 g/mol. The molecular formula is C17H24N4O2. The zero-order valence-corrected chi connectivity index (χ0v) is 14.5. The molecule has 6 nitrogen and oxygen atoms in total. The summed E-state index contributed by atoms with van der Waals surface area (Å²) in [6.07, 6.45) is 1.78. The zero-order valence-electron chi connectivity index (χ0n) is 14.5. The van der Waals surface area contributed by atoms with Crippen LogP contribution in [0.5, 0.6) is 0 Å². The summed E-state index contributed by atoms with van der Waals surface area (Å²) in [5, 5.41) is 8.40. The standard InChI is InChI=1S/C17H24N4O2/c1-9-13(17(3,4)14(9)23-6)19-16(22)11-7-12-10(2)20-21(5)15(12)18-8-11/h7-9,13-14H,1-6H3,(H,19,22)/t9-,13+,14+/m0/s1. The van der Waals surface area contributed by atoms with E-state index in [0.717, 1.165) is 16.7 Å². The molecule has 124 valence electrons. The number of methoxy groups -OCH3 is 1. The second-order valence-electron chi connectivity index (χ2n) is 7.09. The Kier molecular flexibility index (Phi) is 3.67. The number of ether oxygens (including phenoxy) is 1. The minimum Gasteiger partial charge on any atom is -0.380 e. The summed E-state index contributed by atoms with van der Waals surface area (Å²) < 4.78 is 7.26. The van der Waals surface area contributed by atoms with Crippen molar-refractivity contribution in [1.29, 1.82) is 0 Å². The van der Waals surface area contributed by atoms with E-state index in [2.05, 4.69) is 36.2 Å². The predicted molar refractivity (Wildman–Crippen MR) is 88.2 cm³/mol. The summed E-state index contributed by atoms with van der Waals surface area (Å²) in [5.74, 6) is 0.192. The van der Waals surface area contributed by atoms with Crippen LogP contribution in [0.2, 0.25) is 0 Å². The second kappa shape index (κ2) is 5.30. The molecule has 0 unspecified atom stereocenters. The molecule has 23 heavy (non-hydrogen) atoms. The van der Waals surface area contributed by atoms with Crippen LogP contribution < -0.4 is 5.32 Å².